The number of thiocarbonyl (C=S) groups is 1. The summed E-state index contributed by atoms with van der Waals surface area (Å²) < 4.78 is 2.13. The lowest BCUT2D eigenvalue weighted by molar-refractivity contribution is -0.384. The second kappa shape index (κ2) is 11.1. The van der Waals surface area contributed by atoms with Gasteiger partial charge in [-0.2, -0.15) is 0 Å². The van der Waals surface area contributed by atoms with E-state index >= 15 is 0 Å². The minimum atomic E-state index is -0.395. The lowest BCUT2D eigenvalue weighted by atomic mass is 10.0. The molecule has 0 bridgehead atoms. The van der Waals surface area contributed by atoms with Crippen molar-refractivity contribution in [2.45, 2.75) is 21.9 Å². The number of nitro benzene ring substituents is 1. The topological polar surface area (TPSA) is 76.2 Å². The predicted molar refractivity (Wildman–Crippen MR) is 162 cm³/mol. The summed E-state index contributed by atoms with van der Waals surface area (Å²) in [5, 5.41) is 15.8. The van der Waals surface area contributed by atoms with Crippen molar-refractivity contribution in [2.75, 3.05) is 4.90 Å². The van der Waals surface area contributed by atoms with Gasteiger partial charge in [0.1, 0.15) is 6.04 Å². The molecule has 1 aliphatic rings. The highest BCUT2D eigenvalue weighted by Gasteiger charge is 2.42. The summed E-state index contributed by atoms with van der Waals surface area (Å²) in [7, 11) is 0. The van der Waals surface area contributed by atoms with Crippen molar-refractivity contribution in [1.82, 2.24) is 14.9 Å². The zero-order valence-corrected chi connectivity index (χ0v) is 23.3. The van der Waals surface area contributed by atoms with Crippen LogP contribution in [0.3, 0.4) is 0 Å². The second-order valence-corrected chi connectivity index (χ2v) is 11.1. The molecule has 1 fully saturated rings. The Hall–Kier alpha value is -4.18. The largest absolute Gasteiger partial charge is 0.351 e. The number of halogens is 1. The maximum absolute atomic E-state index is 11.0. The van der Waals surface area contributed by atoms with Gasteiger partial charge in [0.25, 0.3) is 5.69 Å². The van der Waals surface area contributed by atoms with Gasteiger partial charge in [-0.1, -0.05) is 35.5 Å². The van der Waals surface area contributed by atoms with Crippen molar-refractivity contribution < 1.29 is 4.92 Å². The van der Waals surface area contributed by atoms with Gasteiger partial charge >= 0.3 is 0 Å². The van der Waals surface area contributed by atoms with Crippen molar-refractivity contribution in [1.29, 1.82) is 0 Å². The molecule has 1 saturated heterocycles. The quantitative estimate of drug-likeness (QED) is 0.119. The molecular formula is C30H22ClN5O2S2. The van der Waals surface area contributed by atoms with Gasteiger partial charge in [0.05, 0.1) is 16.7 Å². The van der Waals surface area contributed by atoms with E-state index in [9.17, 15) is 10.1 Å². The molecule has 40 heavy (non-hydrogen) atoms. The molecular weight excluding hydrogens is 562 g/mol. The summed E-state index contributed by atoms with van der Waals surface area (Å²) in [6.07, 6.45) is 3.82. The fourth-order valence-corrected chi connectivity index (χ4v) is 6.22. The highest BCUT2D eigenvalue weighted by atomic mass is 35.5. The molecule has 1 aliphatic heterocycles. The SMILES string of the molecule is O=[N+]([O-])c1ccc(Sc2ccc(N3C(=S)N[C@@H](c4ccccn4)[C@@H]3c3cccn3-c3cccc(Cl)c3)cc2)cc1. The van der Waals surface area contributed by atoms with E-state index in [-0.39, 0.29) is 17.8 Å². The molecule has 2 atom stereocenters. The Kier molecular flexibility index (Phi) is 7.25. The summed E-state index contributed by atoms with van der Waals surface area (Å²) in [5.74, 6) is 0. The number of hydrogen-bond acceptors (Lipinski definition) is 5. The van der Waals surface area contributed by atoms with Crippen molar-refractivity contribution >= 4 is 52.1 Å². The first-order valence-electron chi connectivity index (χ1n) is 12.4. The number of non-ortho nitro benzene ring substituents is 1. The number of hydrogen-bond donors (Lipinski definition) is 1. The summed E-state index contributed by atoms with van der Waals surface area (Å²) in [6.45, 7) is 0. The standard InChI is InChI=1S/C30H22ClN5O2S2/c31-20-5-3-6-23(19-20)34-18-4-8-27(34)29-28(26-7-1-2-17-32-26)33-30(39)35(29)21-9-13-24(14-10-21)40-25-15-11-22(12-16-25)36(37)38/h1-19,28-29H,(H,33,39)/t28-,29-/m0/s1. The van der Waals surface area contributed by atoms with Crippen LogP contribution in [0.25, 0.3) is 5.69 Å². The molecule has 0 amide bonds. The first-order chi connectivity index (χ1) is 19.5. The van der Waals surface area contributed by atoms with Gasteiger partial charge in [0.15, 0.2) is 5.11 Å². The van der Waals surface area contributed by atoms with E-state index in [1.165, 1.54) is 12.1 Å². The zero-order chi connectivity index (χ0) is 27.6. The first-order valence-corrected chi connectivity index (χ1v) is 14.0. The molecule has 3 aromatic carbocycles. The van der Waals surface area contributed by atoms with Crippen LogP contribution < -0.4 is 10.2 Å². The third-order valence-corrected chi connectivity index (χ3v) is 8.23. The van der Waals surface area contributed by atoms with Gasteiger partial charge in [-0.3, -0.25) is 15.1 Å². The van der Waals surface area contributed by atoms with Crippen molar-refractivity contribution in [3.63, 3.8) is 0 Å². The average molecular weight is 584 g/mol. The Morgan fingerprint density at radius 2 is 1.65 bits per heavy atom. The smallest absolute Gasteiger partial charge is 0.269 e. The van der Waals surface area contributed by atoms with Gasteiger partial charge in [-0.15, -0.1) is 0 Å². The minimum Gasteiger partial charge on any atom is -0.351 e. The highest BCUT2D eigenvalue weighted by Crippen LogP contribution is 2.43. The van der Waals surface area contributed by atoms with Crippen molar-refractivity contribution in [2.24, 2.45) is 0 Å². The van der Waals surface area contributed by atoms with E-state index in [0.717, 1.165) is 32.6 Å². The van der Waals surface area contributed by atoms with Crippen LogP contribution in [0.5, 0.6) is 0 Å². The van der Waals surface area contributed by atoms with E-state index in [4.69, 9.17) is 23.8 Å². The molecule has 0 saturated carbocycles. The van der Waals surface area contributed by atoms with Crippen LogP contribution in [0.4, 0.5) is 11.4 Å². The van der Waals surface area contributed by atoms with Gasteiger partial charge in [0.2, 0.25) is 0 Å². The van der Waals surface area contributed by atoms with Crippen LogP contribution >= 0.6 is 35.6 Å². The normalized spacial score (nSPS) is 16.6. The van der Waals surface area contributed by atoms with E-state index in [2.05, 4.69) is 25.8 Å². The summed E-state index contributed by atoms with van der Waals surface area (Å²) in [4.78, 5) is 19.3. The lowest BCUT2D eigenvalue weighted by Gasteiger charge is -2.29. The Labute approximate surface area is 245 Å². The number of nitro groups is 1. The van der Waals surface area contributed by atoms with Crippen LogP contribution in [0.1, 0.15) is 23.5 Å². The van der Waals surface area contributed by atoms with Crippen LogP contribution in [-0.4, -0.2) is 19.6 Å². The minimum absolute atomic E-state index is 0.0748. The molecule has 198 valence electrons. The Balaban J connectivity index is 1.36. The number of anilines is 1. The Morgan fingerprint density at radius 1 is 0.900 bits per heavy atom. The number of aromatic nitrogens is 2. The molecule has 3 heterocycles. The predicted octanol–water partition coefficient (Wildman–Crippen LogP) is 7.76. The third kappa shape index (κ3) is 5.19. The summed E-state index contributed by atoms with van der Waals surface area (Å²) >= 11 is 13.8. The maximum atomic E-state index is 11.0. The van der Waals surface area contributed by atoms with Crippen LogP contribution in [0.15, 0.2) is 125 Å². The van der Waals surface area contributed by atoms with Crippen LogP contribution in [0, 0.1) is 10.1 Å². The number of pyridine rings is 1. The molecule has 2 aromatic heterocycles. The monoisotopic (exact) mass is 583 g/mol. The summed E-state index contributed by atoms with van der Waals surface area (Å²) in [6, 6.07) is 32.1. The van der Waals surface area contributed by atoms with Gasteiger partial charge < -0.3 is 14.8 Å². The fourth-order valence-electron chi connectivity index (χ4n) is 4.88. The second-order valence-electron chi connectivity index (χ2n) is 9.13. The fraction of sp³-hybridized carbons (Fsp3) is 0.0667. The number of rotatable bonds is 7. The molecule has 0 spiro atoms. The van der Waals surface area contributed by atoms with Gasteiger partial charge in [-0.25, -0.2) is 0 Å². The molecule has 1 N–H and O–H groups in total. The Bertz CT molecular complexity index is 1680. The van der Waals surface area contributed by atoms with E-state index < -0.39 is 4.92 Å². The Morgan fingerprint density at radius 3 is 2.33 bits per heavy atom. The number of nitrogens with zero attached hydrogens (tertiary/aromatic N) is 4. The molecule has 6 rings (SSSR count). The lowest BCUT2D eigenvalue weighted by Crippen LogP contribution is -2.30. The van der Waals surface area contributed by atoms with Crippen LogP contribution in [-0.2, 0) is 0 Å². The van der Waals surface area contributed by atoms with Crippen LogP contribution in [0.2, 0.25) is 5.02 Å². The highest BCUT2D eigenvalue weighted by molar-refractivity contribution is 7.99. The molecule has 0 radical (unpaired) electrons. The molecule has 0 unspecified atom stereocenters. The van der Waals surface area contributed by atoms with Gasteiger partial charge in [-0.05, 0) is 91.1 Å². The zero-order valence-electron chi connectivity index (χ0n) is 20.9. The van der Waals surface area contributed by atoms with Crippen molar-refractivity contribution in [3.8, 4) is 5.69 Å². The number of benzene rings is 3. The van der Waals surface area contributed by atoms with Gasteiger partial charge in [0, 0.05) is 56.4 Å². The summed E-state index contributed by atoms with van der Waals surface area (Å²) in [5.41, 5.74) is 3.90. The molecule has 7 nitrogen and oxygen atoms in total. The first kappa shape index (κ1) is 26.1. The number of nitrogens with one attached hydrogen (secondary N) is 1. The molecule has 10 heteroatoms. The van der Waals surface area contributed by atoms with E-state index in [1.807, 2.05) is 79.0 Å². The van der Waals surface area contributed by atoms with Crippen molar-refractivity contribution in [3.05, 3.63) is 142 Å². The maximum Gasteiger partial charge on any atom is 0.269 e. The van der Waals surface area contributed by atoms with E-state index in [0.29, 0.717) is 10.1 Å². The average Bonchev–Trinajstić information content (AvgIpc) is 3.59. The third-order valence-electron chi connectivity index (χ3n) is 6.67. The molecule has 5 aromatic rings. The van der Waals surface area contributed by atoms with E-state index in [1.54, 1.807) is 30.1 Å². The molecule has 0 aliphatic carbocycles.